The number of aromatic nitrogens is 3. The number of carbonyl (C=O) groups is 2. The van der Waals surface area contributed by atoms with Crippen molar-refractivity contribution in [3.63, 3.8) is 0 Å². The highest BCUT2D eigenvalue weighted by Gasteiger charge is 2.10. The fourth-order valence-corrected chi connectivity index (χ4v) is 2.29. The van der Waals surface area contributed by atoms with Crippen LogP contribution >= 0.6 is 0 Å². The molecular formula is C17H16N6O3. The van der Waals surface area contributed by atoms with E-state index in [2.05, 4.69) is 26.3 Å². The molecule has 0 aliphatic heterocycles. The lowest BCUT2D eigenvalue weighted by molar-refractivity contribution is -0.117. The average molecular weight is 352 g/mol. The van der Waals surface area contributed by atoms with Crippen molar-refractivity contribution in [2.45, 2.75) is 6.54 Å². The van der Waals surface area contributed by atoms with Gasteiger partial charge in [-0.15, -0.1) is 5.10 Å². The van der Waals surface area contributed by atoms with Crippen LogP contribution in [0.4, 0.5) is 16.2 Å². The van der Waals surface area contributed by atoms with Gasteiger partial charge in [0.25, 0.3) is 5.56 Å². The zero-order chi connectivity index (χ0) is 18.5. The quantitative estimate of drug-likeness (QED) is 0.652. The Balaban J connectivity index is 1.68. The molecule has 9 heteroatoms. The summed E-state index contributed by atoms with van der Waals surface area (Å²) in [4.78, 5) is 35.7. The Bertz CT molecular complexity index is 1010. The van der Waals surface area contributed by atoms with Crippen molar-refractivity contribution in [1.82, 2.24) is 20.3 Å². The van der Waals surface area contributed by atoms with Crippen LogP contribution in [0.5, 0.6) is 0 Å². The molecule has 0 saturated carbocycles. The highest BCUT2D eigenvalue weighted by molar-refractivity contribution is 5.92. The van der Waals surface area contributed by atoms with Crippen LogP contribution < -0.4 is 21.5 Å². The normalized spacial score (nSPS) is 10.3. The highest BCUT2D eigenvalue weighted by Crippen LogP contribution is 2.13. The van der Waals surface area contributed by atoms with Crippen LogP contribution in [-0.2, 0) is 11.3 Å². The lowest BCUT2D eigenvalue weighted by Crippen LogP contribution is -2.30. The number of nitrogens with zero attached hydrogens (tertiary/aromatic N) is 3. The Kier molecular flexibility index (Phi) is 4.88. The van der Waals surface area contributed by atoms with Gasteiger partial charge in [-0.05, 0) is 36.4 Å². The predicted octanol–water partition coefficient (Wildman–Crippen LogP) is 1.18. The maximum atomic E-state index is 12.3. The molecule has 0 atom stereocenters. The second kappa shape index (κ2) is 7.43. The van der Waals surface area contributed by atoms with Crippen LogP contribution in [0.2, 0.25) is 0 Å². The number of amides is 3. The molecule has 1 heterocycles. The molecule has 132 valence electrons. The molecule has 0 radical (unpaired) electrons. The fourth-order valence-electron chi connectivity index (χ4n) is 2.29. The first-order valence-corrected chi connectivity index (χ1v) is 7.78. The van der Waals surface area contributed by atoms with Crippen LogP contribution in [0.25, 0.3) is 10.9 Å². The molecule has 3 rings (SSSR count). The van der Waals surface area contributed by atoms with E-state index in [1.807, 2.05) is 0 Å². The van der Waals surface area contributed by atoms with Crippen LogP contribution in [0.3, 0.4) is 0 Å². The van der Waals surface area contributed by atoms with Crippen molar-refractivity contribution in [3.05, 3.63) is 58.9 Å². The molecule has 3 aromatic rings. The van der Waals surface area contributed by atoms with Crippen LogP contribution in [0.15, 0.2) is 53.3 Å². The molecule has 0 aliphatic carbocycles. The molecule has 0 bridgehead atoms. The molecule has 0 fully saturated rings. The van der Waals surface area contributed by atoms with E-state index in [9.17, 15) is 14.4 Å². The lowest BCUT2D eigenvalue weighted by Gasteiger charge is -2.08. The first-order chi connectivity index (χ1) is 12.6. The van der Waals surface area contributed by atoms with Gasteiger partial charge in [-0.3, -0.25) is 9.59 Å². The van der Waals surface area contributed by atoms with Crippen LogP contribution in [0, 0.1) is 0 Å². The minimum absolute atomic E-state index is 0.255. The minimum Gasteiger partial charge on any atom is -0.341 e. The van der Waals surface area contributed by atoms with Gasteiger partial charge >= 0.3 is 6.03 Å². The van der Waals surface area contributed by atoms with E-state index in [0.29, 0.717) is 22.3 Å². The number of nitrogens with one attached hydrogen (secondary N) is 3. The van der Waals surface area contributed by atoms with E-state index in [4.69, 9.17) is 0 Å². The van der Waals surface area contributed by atoms with Gasteiger partial charge in [-0.1, -0.05) is 17.3 Å². The van der Waals surface area contributed by atoms with Crippen LogP contribution in [0.1, 0.15) is 0 Å². The smallest absolute Gasteiger partial charge is 0.318 e. The van der Waals surface area contributed by atoms with E-state index >= 15 is 0 Å². The van der Waals surface area contributed by atoms with Gasteiger partial charge < -0.3 is 16.0 Å². The zero-order valence-electron chi connectivity index (χ0n) is 13.9. The molecule has 1 aromatic heterocycles. The van der Waals surface area contributed by atoms with Gasteiger partial charge in [0.15, 0.2) is 0 Å². The van der Waals surface area contributed by atoms with E-state index in [0.717, 1.165) is 4.68 Å². The van der Waals surface area contributed by atoms with Gasteiger partial charge in [0.1, 0.15) is 12.1 Å². The minimum atomic E-state index is -0.413. The number of rotatable bonds is 4. The molecule has 0 saturated heterocycles. The van der Waals surface area contributed by atoms with Crippen molar-refractivity contribution in [3.8, 4) is 0 Å². The highest BCUT2D eigenvalue weighted by atomic mass is 16.2. The summed E-state index contributed by atoms with van der Waals surface area (Å²) in [6.45, 7) is -0.255. The predicted molar refractivity (Wildman–Crippen MR) is 96.9 cm³/mol. The topological polar surface area (TPSA) is 118 Å². The van der Waals surface area contributed by atoms with Crippen molar-refractivity contribution < 1.29 is 9.59 Å². The van der Waals surface area contributed by atoms with E-state index in [1.54, 1.807) is 48.5 Å². The molecule has 9 nitrogen and oxygen atoms in total. The summed E-state index contributed by atoms with van der Waals surface area (Å²) in [5, 5.41) is 15.8. The Morgan fingerprint density at radius 3 is 2.35 bits per heavy atom. The second-order valence-electron chi connectivity index (χ2n) is 5.40. The van der Waals surface area contributed by atoms with Crippen molar-refractivity contribution >= 4 is 34.2 Å². The molecule has 26 heavy (non-hydrogen) atoms. The average Bonchev–Trinajstić information content (AvgIpc) is 2.65. The molecule has 0 aliphatic rings. The van der Waals surface area contributed by atoms with Gasteiger partial charge in [0.05, 0.1) is 5.39 Å². The molecule has 2 aromatic carbocycles. The summed E-state index contributed by atoms with van der Waals surface area (Å²) in [5.41, 5.74) is 1.21. The summed E-state index contributed by atoms with van der Waals surface area (Å²) >= 11 is 0. The maximum Gasteiger partial charge on any atom is 0.318 e. The monoisotopic (exact) mass is 352 g/mol. The summed E-state index contributed by atoms with van der Waals surface area (Å²) < 4.78 is 1.01. The Hall–Kier alpha value is -3.75. The summed E-state index contributed by atoms with van der Waals surface area (Å²) in [6, 6.07) is 13.0. The first-order valence-electron chi connectivity index (χ1n) is 7.78. The van der Waals surface area contributed by atoms with Crippen molar-refractivity contribution in [2.24, 2.45) is 0 Å². The second-order valence-corrected chi connectivity index (χ2v) is 5.40. The van der Waals surface area contributed by atoms with Crippen molar-refractivity contribution in [2.75, 3.05) is 17.7 Å². The number of benzene rings is 2. The SMILES string of the molecule is CNC(=O)Nc1ccc(NC(=O)Cn2nnc3ccccc3c2=O)cc1. The summed E-state index contributed by atoms with van der Waals surface area (Å²) in [6.07, 6.45) is 0. The number of hydrogen-bond acceptors (Lipinski definition) is 5. The third kappa shape index (κ3) is 3.83. The van der Waals surface area contributed by atoms with E-state index in [1.165, 1.54) is 7.05 Å². The zero-order valence-corrected chi connectivity index (χ0v) is 13.9. The Labute approximate surface area is 148 Å². The van der Waals surface area contributed by atoms with Gasteiger partial charge in [-0.25, -0.2) is 9.48 Å². The van der Waals surface area contributed by atoms with Gasteiger partial charge in [-0.2, -0.15) is 0 Å². The van der Waals surface area contributed by atoms with Crippen molar-refractivity contribution in [1.29, 1.82) is 0 Å². The summed E-state index contributed by atoms with van der Waals surface area (Å²) in [7, 11) is 1.52. The number of anilines is 2. The third-order valence-electron chi connectivity index (χ3n) is 3.58. The Morgan fingerprint density at radius 2 is 1.65 bits per heavy atom. The summed E-state index contributed by atoms with van der Waals surface area (Å²) in [5.74, 6) is -0.413. The lowest BCUT2D eigenvalue weighted by atomic mass is 10.2. The first kappa shape index (κ1) is 17.1. The number of carbonyl (C=O) groups excluding carboxylic acids is 2. The molecule has 0 unspecified atom stereocenters. The third-order valence-corrected chi connectivity index (χ3v) is 3.58. The Morgan fingerprint density at radius 1 is 1.00 bits per heavy atom. The molecular weight excluding hydrogens is 336 g/mol. The fraction of sp³-hybridized carbons (Fsp3) is 0.118. The number of urea groups is 1. The van der Waals surface area contributed by atoms with Gasteiger partial charge in [0, 0.05) is 18.4 Å². The number of fused-ring (bicyclic) bond motifs is 1. The van der Waals surface area contributed by atoms with Gasteiger partial charge in [0.2, 0.25) is 5.91 Å². The number of hydrogen-bond donors (Lipinski definition) is 3. The molecule has 3 N–H and O–H groups in total. The maximum absolute atomic E-state index is 12.3. The van der Waals surface area contributed by atoms with E-state index in [-0.39, 0.29) is 18.1 Å². The molecule has 3 amide bonds. The standard InChI is InChI=1S/C17H16N6O3/c1-18-17(26)20-12-8-6-11(7-9-12)19-15(24)10-23-16(25)13-4-2-3-5-14(13)21-22-23/h2-9H,10H2,1H3,(H,19,24)(H2,18,20,26). The van der Waals surface area contributed by atoms with Crippen LogP contribution in [-0.4, -0.2) is 34.0 Å². The molecule has 0 spiro atoms. The largest absolute Gasteiger partial charge is 0.341 e. The van der Waals surface area contributed by atoms with E-state index < -0.39 is 5.91 Å².